The quantitative estimate of drug-likeness (QED) is 0.657. The minimum atomic E-state index is -0.200. The largest absolute Gasteiger partial charge is 0.385 e. The standard InChI is InChI=1S/C15H19N7OS/c1-8(2)18-14(23)12-15(24-9(3)19-12)20-11-7-10(16-4)13-17-5-6-22(13)21-11/h5-8,16H,1-4H3,(H,18,23)(H,20,21). The number of nitrogens with zero attached hydrogens (tertiary/aromatic N) is 4. The molecule has 0 saturated heterocycles. The third-order valence-corrected chi connectivity index (χ3v) is 4.13. The van der Waals surface area contributed by atoms with Crippen LogP contribution in [0.15, 0.2) is 18.5 Å². The molecule has 0 atom stereocenters. The van der Waals surface area contributed by atoms with Crippen molar-refractivity contribution in [3.05, 3.63) is 29.2 Å². The number of imidazole rings is 1. The van der Waals surface area contributed by atoms with Gasteiger partial charge >= 0.3 is 0 Å². The van der Waals surface area contributed by atoms with E-state index >= 15 is 0 Å². The van der Waals surface area contributed by atoms with Crippen LogP contribution in [-0.2, 0) is 0 Å². The van der Waals surface area contributed by atoms with E-state index in [0.717, 1.165) is 16.3 Å². The van der Waals surface area contributed by atoms with Crippen molar-refractivity contribution < 1.29 is 4.79 Å². The smallest absolute Gasteiger partial charge is 0.273 e. The van der Waals surface area contributed by atoms with Gasteiger partial charge in [0.05, 0.1) is 10.7 Å². The van der Waals surface area contributed by atoms with Crippen LogP contribution in [0.2, 0.25) is 0 Å². The average molecular weight is 345 g/mol. The first kappa shape index (κ1) is 16.2. The molecule has 3 heterocycles. The predicted octanol–water partition coefficient (Wildman–Crippen LogP) is 2.42. The molecule has 3 rings (SSSR count). The molecule has 0 aliphatic rings. The predicted molar refractivity (Wildman–Crippen MR) is 95.3 cm³/mol. The maximum atomic E-state index is 12.3. The number of carbonyl (C=O) groups excluding carboxylic acids is 1. The lowest BCUT2D eigenvalue weighted by molar-refractivity contribution is 0.0939. The van der Waals surface area contributed by atoms with Gasteiger partial charge < -0.3 is 16.0 Å². The number of aryl methyl sites for hydroxylation is 1. The van der Waals surface area contributed by atoms with Crippen molar-refractivity contribution in [3.8, 4) is 0 Å². The van der Waals surface area contributed by atoms with E-state index < -0.39 is 0 Å². The highest BCUT2D eigenvalue weighted by molar-refractivity contribution is 7.16. The van der Waals surface area contributed by atoms with Crippen LogP contribution in [0.3, 0.4) is 0 Å². The lowest BCUT2D eigenvalue weighted by atomic mass is 10.3. The number of aromatic nitrogens is 4. The maximum Gasteiger partial charge on any atom is 0.273 e. The summed E-state index contributed by atoms with van der Waals surface area (Å²) in [5.74, 6) is 0.404. The molecule has 0 aliphatic heterocycles. The maximum absolute atomic E-state index is 12.3. The molecule has 0 aliphatic carbocycles. The van der Waals surface area contributed by atoms with Crippen molar-refractivity contribution in [3.63, 3.8) is 0 Å². The van der Waals surface area contributed by atoms with E-state index in [9.17, 15) is 4.79 Å². The van der Waals surface area contributed by atoms with Crippen molar-refractivity contribution in [1.82, 2.24) is 24.9 Å². The third kappa shape index (κ3) is 3.16. The molecule has 0 unspecified atom stereocenters. The molecule has 8 nitrogen and oxygen atoms in total. The van der Waals surface area contributed by atoms with Gasteiger partial charge in [0, 0.05) is 31.5 Å². The number of hydrogen-bond acceptors (Lipinski definition) is 7. The Balaban J connectivity index is 1.95. The summed E-state index contributed by atoms with van der Waals surface area (Å²) in [6.07, 6.45) is 3.46. The number of thiazole rings is 1. The van der Waals surface area contributed by atoms with E-state index in [1.165, 1.54) is 11.3 Å². The van der Waals surface area contributed by atoms with Crippen LogP contribution in [0.25, 0.3) is 5.65 Å². The Morgan fingerprint density at radius 3 is 2.88 bits per heavy atom. The zero-order valence-corrected chi connectivity index (χ0v) is 14.7. The molecule has 1 amide bonds. The molecule has 0 spiro atoms. The Kier molecular flexibility index (Phi) is 4.34. The van der Waals surface area contributed by atoms with Crippen LogP contribution in [-0.4, -0.2) is 38.6 Å². The van der Waals surface area contributed by atoms with Gasteiger partial charge in [-0.05, 0) is 20.8 Å². The monoisotopic (exact) mass is 345 g/mol. The summed E-state index contributed by atoms with van der Waals surface area (Å²) in [4.78, 5) is 20.9. The van der Waals surface area contributed by atoms with Gasteiger partial charge in [-0.15, -0.1) is 16.4 Å². The highest BCUT2D eigenvalue weighted by atomic mass is 32.1. The van der Waals surface area contributed by atoms with Crippen LogP contribution >= 0.6 is 11.3 Å². The van der Waals surface area contributed by atoms with E-state index in [1.807, 2.05) is 33.9 Å². The Hall–Kier alpha value is -2.68. The van der Waals surface area contributed by atoms with Crippen LogP contribution in [0, 0.1) is 6.92 Å². The molecule has 3 aromatic heterocycles. The topological polar surface area (TPSA) is 96.2 Å². The number of carbonyl (C=O) groups is 1. The summed E-state index contributed by atoms with van der Waals surface area (Å²) in [5, 5.41) is 15.1. The molecule has 9 heteroatoms. The van der Waals surface area contributed by atoms with Gasteiger partial charge in [0.2, 0.25) is 0 Å². The highest BCUT2D eigenvalue weighted by Crippen LogP contribution is 2.28. The summed E-state index contributed by atoms with van der Waals surface area (Å²) < 4.78 is 1.68. The SMILES string of the molecule is CNc1cc(Nc2sc(C)nc2C(=O)NC(C)C)nn2ccnc12. The molecule has 126 valence electrons. The van der Waals surface area contributed by atoms with Gasteiger partial charge in [-0.2, -0.15) is 0 Å². The van der Waals surface area contributed by atoms with Gasteiger partial charge in [-0.3, -0.25) is 4.79 Å². The molecule has 3 aromatic rings. The molecular formula is C15H19N7OS. The molecule has 24 heavy (non-hydrogen) atoms. The van der Waals surface area contributed by atoms with Gasteiger partial charge in [0.1, 0.15) is 5.00 Å². The van der Waals surface area contributed by atoms with Crippen LogP contribution in [0.5, 0.6) is 0 Å². The van der Waals surface area contributed by atoms with E-state index in [4.69, 9.17) is 0 Å². The molecule has 0 saturated carbocycles. The first-order valence-corrected chi connectivity index (χ1v) is 8.37. The van der Waals surface area contributed by atoms with Crippen molar-refractivity contribution in [2.75, 3.05) is 17.7 Å². The van der Waals surface area contributed by atoms with Crippen molar-refractivity contribution in [2.45, 2.75) is 26.8 Å². The van der Waals surface area contributed by atoms with Crippen LogP contribution in [0.1, 0.15) is 29.3 Å². The Morgan fingerprint density at radius 2 is 2.17 bits per heavy atom. The third-order valence-electron chi connectivity index (χ3n) is 3.24. The second kappa shape index (κ2) is 6.44. The fraction of sp³-hybridized carbons (Fsp3) is 0.333. The van der Waals surface area contributed by atoms with Crippen LogP contribution < -0.4 is 16.0 Å². The Morgan fingerprint density at radius 1 is 1.38 bits per heavy atom. The summed E-state index contributed by atoms with van der Waals surface area (Å²) in [5.41, 5.74) is 1.96. The second-order valence-electron chi connectivity index (χ2n) is 5.55. The van der Waals surface area contributed by atoms with E-state index in [1.54, 1.807) is 16.9 Å². The molecular weight excluding hydrogens is 326 g/mol. The average Bonchev–Trinajstić information content (AvgIpc) is 3.12. The second-order valence-corrected chi connectivity index (χ2v) is 6.76. The highest BCUT2D eigenvalue weighted by Gasteiger charge is 2.18. The first-order valence-electron chi connectivity index (χ1n) is 7.55. The number of nitrogens with one attached hydrogen (secondary N) is 3. The normalized spacial score (nSPS) is 11.0. The van der Waals surface area contributed by atoms with Gasteiger partial charge in [-0.25, -0.2) is 14.5 Å². The lowest BCUT2D eigenvalue weighted by Crippen LogP contribution is -2.30. The summed E-state index contributed by atoms with van der Waals surface area (Å²) in [6.45, 7) is 5.70. The number of fused-ring (bicyclic) bond motifs is 1. The van der Waals surface area contributed by atoms with Crippen LogP contribution in [0.4, 0.5) is 16.5 Å². The zero-order chi connectivity index (χ0) is 17.3. The van der Waals surface area contributed by atoms with Crippen molar-refractivity contribution >= 4 is 39.4 Å². The summed E-state index contributed by atoms with van der Waals surface area (Å²) in [6, 6.07) is 1.89. The minimum Gasteiger partial charge on any atom is -0.385 e. The first-order chi connectivity index (χ1) is 11.5. The molecule has 0 bridgehead atoms. The zero-order valence-electron chi connectivity index (χ0n) is 13.9. The number of amides is 1. The minimum absolute atomic E-state index is 0.0451. The number of anilines is 3. The fourth-order valence-electron chi connectivity index (χ4n) is 2.27. The Bertz CT molecular complexity index is 883. The molecule has 0 aromatic carbocycles. The molecule has 0 radical (unpaired) electrons. The molecule has 0 fully saturated rings. The van der Waals surface area contributed by atoms with E-state index in [0.29, 0.717) is 16.5 Å². The van der Waals surface area contributed by atoms with E-state index in [-0.39, 0.29) is 11.9 Å². The van der Waals surface area contributed by atoms with Crippen molar-refractivity contribution in [2.24, 2.45) is 0 Å². The lowest BCUT2D eigenvalue weighted by Gasteiger charge is -2.10. The Labute approximate surface area is 143 Å². The van der Waals surface area contributed by atoms with E-state index in [2.05, 4.69) is 31.0 Å². The van der Waals surface area contributed by atoms with Gasteiger partial charge in [-0.1, -0.05) is 0 Å². The molecule has 3 N–H and O–H groups in total. The van der Waals surface area contributed by atoms with Gasteiger partial charge in [0.25, 0.3) is 5.91 Å². The van der Waals surface area contributed by atoms with Crippen molar-refractivity contribution in [1.29, 1.82) is 0 Å². The number of hydrogen-bond donors (Lipinski definition) is 3. The summed E-state index contributed by atoms with van der Waals surface area (Å²) >= 11 is 1.42. The number of rotatable bonds is 5. The fourth-order valence-corrected chi connectivity index (χ4v) is 3.10. The van der Waals surface area contributed by atoms with Gasteiger partial charge in [0.15, 0.2) is 17.2 Å². The summed E-state index contributed by atoms with van der Waals surface area (Å²) in [7, 11) is 1.83.